The molecular weight excluding hydrogens is 316 g/mol. The molecule has 0 aromatic heterocycles. The lowest BCUT2D eigenvalue weighted by Gasteiger charge is -2.14. The van der Waals surface area contributed by atoms with E-state index >= 15 is 0 Å². The van der Waals surface area contributed by atoms with Crippen LogP contribution >= 0.6 is 0 Å². The number of aliphatic hydroxyl groups excluding tert-OH is 1. The maximum atomic E-state index is 12.2. The van der Waals surface area contributed by atoms with E-state index in [9.17, 15) is 18.7 Å². The van der Waals surface area contributed by atoms with Crippen LogP contribution in [0, 0.1) is 13.8 Å². The van der Waals surface area contributed by atoms with E-state index in [0.29, 0.717) is 11.1 Å². The molecule has 2 N–H and O–H groups in total. The Balaban J connectivity index is 2.01. The van der Waals surface area contributed by atoms with Crippen LogP contribution in [0.3, 0.4) is 0 Å². The number of amides is 1. The smallest absolute Gasteiger partial charge is 0.387 e. The summed E-state index contributed by atoms with van der Waals surface area (Å²) in [4.78, 5) is 12.2. The summed E-state index contributed by atoms with van der Waals surface area (Å²) in [5, 5.41) is 12.8. The van der Waals surface area contributed by atoms with Gasteiger partial charge >= 0.3 is 6.61 Å². The molecule has 1 unspecified atom stereocenters. The number of rotatable bonds is 6. The highest BCUT2D eigenvalue weighted by Crippen LogP contribution is 2.20. The van der Waals surface area contributed by atoms with E-state index in [4.69, 9.17) is 0 Å². The van der Waals surface area contributed by atoms with Crippen molar-refractivity contribution in [1.29, 1.82) is 0 Å². The number of aliphatic hydroxyl groups is 1. The van der Waals surface area contributed by atoms with E-state index in [2.05, 4.69) is 10.1 Å². The van der Waals surface area contributed by atoms with Gasteiger partial charge in [-0.2, -0.15) is 8.78 Å². The molecule has 0 saturated carbocycles. The van der Waals surface area contributed by atoms with E-state index in [1.807, 2.05) is 26.0 Å². The molecule has 6 heteroatoms. The topological polar surface area (TPSA) is 58.6 Å². The van der Waals surface area contributed by atoms with Gasteiger partial charge in [0.1, 0.15) is 5.75 Å². The lowest BCUT2D eigenvalue weighted by Crippen LogP contribution is -2.29. The standard InChI is InChI=1S/C18H19F2NO3/c1-11-6-7-12(2)15(8-11)17(23)21-10-16(22)13-4-3-5-14(9-13)24-18(19)20/h3-9,16,18,22H,10H2,1-2H3,(H,21,23). The summed E-state index contributed by atoms with van der Waals surface area (Å²) in [7, 11) is 0. The van der Waals surface area contributed by atoms with Gasteiger partial charge in [-0.25, -0.2) is 0 Å². The molecule has 0 saturated heterocycles. The van der Waals surface area contributed by atoms with Gasteiger partial charge in [0.25, 0.3) is 5.91 Å². The van der Waals surface area contributed by atoms with Crippen molar-refractivity contribution in [3.05, 3.63) is 64.7 Å². The average molecular weight is 335 g/mol. The Labute approximate surface area is 139 Å². The van der Waals surface area contributed by atoms with Crippen LogP contribution in [0.2, 0.25) is 0 Å². The van der Waals surface area contributed by atoms with Gasteiger partial charge in [-0.15, -0.1) is 0 Å². The van der Waals surface area contributed by atoms with Crippen molar-refractivity contribution in [2.24, 2.45) is 0 Å². The molecule has 0 aliphatic carbocycles. The van der Waals surface area contributed by atoms with Crippen molar-refractivity contribution in [3.63, 3.8) is 0 Å². The van der Waals surface area contributed by atoms with Gasteiger partial charge in [-0.05, 0) is 43.2 Å². The van der Waals surface area contributed by atoms with Crippen LogP contribution in [0.15, 0.2) is 42.5 Å². The largest absolute Gasteiger partial charge is 0.435 e. The number of halogens is 2. The monoisotopic (exact) mass is 335 g/mol. The van der Waals surface area contributed by atoms with E-state index < -0.39 is 12.7 Å². The Morgan fingerprint density at radius 3 is 2.67 bits per heavy atom. The molecule has 0 aliphatic heterocycles. The first-order chi connectivity index (χ1) is 11.4. The molecule has 0 radical (unpaired) electrons. The molecule has 1 atom stereocenters. The van der Waals surface area contributed by atoms with Crippen molar-refractivity contribution >= 4 is 5.91 Å². The van der Waals surface area contributed by atoms with E-state index in [0.717, 1.165) is 11.1 Å². The van der Waals surface area contributed by atoms with E-state index in [1.165, 1.54) is 18.2 Å². The average Bonchev–Trinajstić information content (AvgIpc) is 2.54. The van der Waals surface area contributed by atoms with Gasteiger partial charge in [0.2, 0.25) is 0 Å². The maximum Gasteiger partial charge on any atom is 0.387 e. The molecule has 2 aromatic rings. The number of hydrogen-bond acceptors (Lipinski definition) is 3. The van der Waals surface area contributed by atoms with Crippen LogP contribution in [-0.2, 0) is 0 Å². The summed E-state index contributed by atoms with van der Waals surface area (Å²) in [5.74, 6) is -0.336. The third kappa shape index (κ3) is 4.76. The highest BCUT2D eigenvalue weighted by molar-refractivity contribution is 5.95. The summed E-state index contributed by atoms with van der Waals surface area (Å²) in [6, 6.07) is 11.3. The number of hydrogen-bond donors (Lipinski definition) is 2. The zero-order chi connectivity index (χ0) is 17.7. The molecule has 4 nitrogen and oxygen atoms in total. The Bertz CT molecular complexity index is 719. The number of carbonyl (C=O) groups excluding carboxylic acids is 1. The Hall–Kier alpha value is -2.47. The molecule has 0 spiro atoms. The van der Waals surface area contributed by atoms with E-state index in [-0.39, 0.29) is 18.2 Å². The van der Waals surface area contributed by atoms with Crippen LogP contribution < -0.4 is 10.1 Å². The van der Waals surface area contributed by atoms with Gasteiger partial charge in [0.15, 0.2) is 0 Å². The zero-order valence-corrected chi connectivity index (χ0v) is 13.4. The van der Waals surface area contributed by atoms with Crippen molar-refractivity contribution in [1.82, 2.24) is 5.32 Å². The fraction of sp³-hybridized carbons (Fsp3) is 0.278. The SMILES string of the molecule is Cc1ccc(C)c(C(=O)NCC(O)c2cccc(OC(F)F)c2)c1. The van der Waals surface area contributed by atoms with Crippen LogP contribution in [0.4, 0.5) is 8.78 Å². The third-order valence-electron chi connectivity index (χ3n) is 3.56. The number of ether oxygens (including phenoxy) is 1. The molecule has 0 heterocycles. The molecular formula is C18H19F2NO3. The number of aryl methyl sites for hydroxylation is 2. The second kappa shape index (κ2) is 7.88. The minimum atomic E-state index is -2.93. The molecule has 24 heavy (non-hydrogen) atoms. The van der Waals surface area contributed by atoms with Gasteiger partial charge in [-0.1, -0.05) is 29.8 Å². The van der Waals surface area contributed by atoms with Crippen LogP contribution in [0.1, 0.15) is 33.2 Å². The third-order valence-corrected chi connectivity index (χ3v) is 3.56. The normalized spacial score (nSPS) is 12.1. The first-order valence-electron chi connectivity index (χ1n) is 7.45. The second-order valence-corrected chi connectivity index (χ2v) is 5.50. The number of carbonyl (C=O) groups is 1. The predicted molar refractivity (Wildman–Crippen MR) is 86.3 cm³/mol. The Morgan fingerprint density at radius 1 is 1.21 bits per heavy atom. The van der Waals surface area contributed by atoms with Crippen molar-refractivity contribution in [2.45, 2.75) is 26.6 Å². The van der Waals surface area contributed by atoms with Crippen LogP contribution in [0.5, 0.6) is 5.75 Å². The Morgan fingerprint density at radius 2 is 1.96 bits per heavy atom. The van der Waals surface area contributed by atoms with Gasteiger partial charge < -0.3 is 15.2 Å². The molecule has 2 rings (SSSR count). The van der Waals surface area contributed by atoms with Crippen molar-refractivity contribution in [3.8, 4) is 5.75 Å². The van der Waals surface area contributed by atoms with E-state index in [1.54, 1.807) is 12.1 Å². The lowest BCUT2D eigenvalue weighted by molar-refractivity contribution is -0.0499. The van der Waals surface area contributed by atoms with Crippen molar-refractivity contribution in [2.75, 3.05) is 6.54 Å². The fourth-order valence-electron chi connectivity index (χ4n) is 2.28. The summed E-state index contributed by atoms with van der Waals surface area (Å²) in [6.45, 7) is 0.751. The van der Waals surface area contributed by atoms with Crippen molar-refractivity contribution < 1.29 is 23.4 Å². The first-order valence-corrected chi connectivity index (χ1v) is 7.45. The maximum absolute atomic E-state index is 12.2. The molecule has 0 bridgehead atoms. The minimum absolute atomic E-state index is 0.0374. The quantitative estimate of drug-likeness (QED) is 0.851. The highest BCUT2D eigenvalue weighted by atomic mass is 19.3. The summed E-state index contributed by atoms with van der Waals surface area (Å²) < 4.78 is 28.7. The van der Waals surface area contributed by atoms with Gasteiger partial charge in [0, 0.05) is 12.1 Å². The Kier molecular flexibility index (Phi) is 5.87. The molecule has 0 aliphatic rings. The molecule has 2 aromatic carbocycles. The molecule has 1 amide bonds. The fourth-order valence-corrected chi connectivity index (χ4v) is 2.28. The summed E-state index contributed by atoms with van der Waals surface area (Å²) >= 11 is 0. The molecule has 128 valence electrons. The lowest BCUT2D eigenvalue weighted by atomic mass is 10.0. The van der Waals surface area contributed by atoms with Gasteiger partial charge in [-0.3, -0.25) is 4.79 Å². The number of alkyl halides is 2. The highest BCUT2D eigenvalue weighted by Gasteiger charge is 2.14. The van der Waals surface area contributed by atoms with Gasteiger partial charge in [0.05, 0.1) is 6.10 Å². The number of benzene rings is 2. The predicted octanol–water partition coefficient (Wildman–Crippen LogP) is 3.37. The minimum Gasteiger partial charge on any atom is -0.435 e. The second-order valence-electron chi connectivity index (χ2n) is 5.50. The summed E-state index contributed by atoms with van der Waals surface area (Å²) in [5.41, 5.74) is 2.72. The molecule has 0 fully saturated rings. The number of nitrogens with one attached hydrogen (secondary N) is 1. The van der Waals surface area contributed by atoms with Crippen LogP contribution in [0.25, 0.3) is 0 Å². The zero-order valence-electron chi connectivity index (χ0n) is 13.4. The first kappa shape index (κ1) is 17.9. The summed E-state index contributed by atoms with van der Waals surface area (Å²) in [6.07, 6.45) is -1.03. The van der Waals surface area contributed by atoms with Crippen LogP contribution in [-0.4, -0.2) is 24.2 Å².